The maximum Gasteiger partial charge on any atom is 0.255 e. The van der Waals surface area contributed by atoms with Crippen LogP contribution in [0.3, 0.4) is 0 Å². The molecule has 5 rings (SSSR count). The van der Waals surface area contributed by atoms with Crippen LogP contribution in [0, 0.1) is 5.92 Å². The Balaban J connectivity index is 1.15. The highest BCUT2D eigenvalue weighted by molar-refractivity contribution is 9.10. The van der Waals surface area contributed by atoms with E-state index in [-0.39, 0.29) is 43.2 Å². The fraction of sp³-hybridized carbons (Fsp3) is 0.423. The van der Waals surface area contributed by atoms with Gasteiger partial charge in [-0.3, -0.25) is 24.5 Å². The molecule has 3 aliphatic rings. The van der Waals surface area contributed by atoms with Gasteiger partial charge in [0.05, 0.1) is 6.61 Å². The van der Waals surface area contributed by atoms with Crippen LogP contribution in [0.4, 0.5) is 11.5 Å². The molecule has 1 atom stereocenters. The van der Waals surface area contributed by atoms with Crippen LogP contribution in [0.25, 0.3) is 0 Å². The van der Waals surface area contributed by atoms with E-state index in [9.17, 15) is 24.3 Å². The second-order valence-electron chi connectivity index (χ2n) is 9.75. The van der Waals surface area contributed by atoms with E-state index in [4.69, 9.17) is 0 Å². The fourth-order valence-electron chi connectivity index (χ4n) is 5.35. The van der Waals surface area contributed by atoms with Crippen molar-refractivity contribution >= 4 is 51.1 Å². The number of piperidine rings is 2. The molecule has 4 amide bonds. The number of pyridine rings is 1. The van der Waals surface area contributed by atoms with E-state index in [2.05, 4.69) is 36.4 Å². The minimum absolute atomic E-state index is 0.0810. The molecule has 1 unspecified atom stereocenters. The Kier molecular flexibility index (Phi) is 7.25. The fourth-order valence-corrected chi connectivity index (χ4v) is 5.73. The van der Waals surface area contributed by atoms with Gasteiger partial charge in [-0.15, -0.1) is 0 Å². The number of fused-ring (bicyclic) bond motifs is 1. The van der Waals surface area contributed by atoms with Gasteiger partial charge in [0.25, 0.3) is 5.91 Å². The van der Waals surface area contributed by atoms with Gasteiger partial charge in [0.2, 0.25) is 17.7 Å². The lowest BCUT2D eigenvalue weighted by molar-refractivity contribution is -0.137. The summed E-state index contributed by atoms with van der Waals surface area (Å²) < 4.78 is 0.825. The number of anilines is 2. The molecule has 2 saturated heterocycles. The van der Waals surface area contributed by atoms with E-state index in [0.29, 0.717) is 24.1 Å². The third kappa shape index (κ3) is 5.37. The van der Waals surface area contributed by atoms with E-state index in [1.807, 2.05) is 6.07 Å². The highest BCUT2D eigenvalue weighted by Crippen LogP contribution is 2.31. The standard InChI is InChI=1S/C26H28BrN5O5/c27-18-10-17(14-33)24(28-12-18)31-7-5-15(6-8-31)9-23(35)29-19-1-2-20-16(11-19)13-32(26(20)37)21-3-4-22(34)30-25(21)36/h1-2,10-12,15,21,33H,3-9,13-14H2,(H,29,35)(H,30,34,36). The Morgan fingerprint density at radius 2 is 1.95 bits per heavy atom. The number of aromatic nitrogens is 1. The van der Waals surface area contributed by atoms with Gasteiger partial charge >= 0.3 is 0 Å². The summed E-state index contributed by atoms with van der Waals surface area (Å²) in [6.07, 6.45) is 4.32. The van der Waals surface area contributed by atoms with Crippen LogP contribution in [0.5, 0.6) is 0 Å². The first-order valence-electron chi connectivity index (χ1n) is 12.4. The molecular weight excluding hydrogens is 542 g/mol. The zero-order chi connectivity index (χ0) is 26.1. The van der Waals surface area contributed by atoms with E-state index < -0.39 is 11.9 Å². The third-order valence-electron chi connectivity index (χ3n) is 7.28. The molecule has 0 bridgehead atoms. The molecule has 10 nitrogen and oxygen atoms in total. The average molecular weight is 570 g/mol. The number of benzene rings is 1. The Hall–Kier alpha value is -3.31. The monoisotopic (exact) mass is 569 g/mol. The van der Waals surface area contributed by atoms with Crippen LogP contribution in [0.2, 0.25) is 0 Å². The normalized spacial score (nSPS) is 20.2. The second-order valence-corrected chi connectivity index (χ2v) is 10.7. The van der Waals surface area contributed by atoms with Crippen molar-refractivity contribution in [1.29, 1.82) is 0 Å². The number of carbonyl (C=O) groups is 4. The molecule has 194 valence electrons. The molecule has 0 spiro atoms. The van der Waals surface area contributed by atoms with Crippen LogP contribution < -0.4 is 15.5 Å². The summed E-state index contributed by atoms with van der Waals surface area (Å²) in [5.74, 6) is -0.0568. The van der Waals surface area contributed by atoms with Crippen molar-refractivity contribution in [2.75, 3.05) is 23.3 Å². The number of hydrogen-bond acceptors (Lipinski definition) is 7. The molecule has 2 aromatic rings. The maximum atomic E-state index is 12.9. The predicted molar refractivity (Wildman–Crippen MR) is 139 cm³/mol. The van der Waals surface area contributed by atoms with Gasteiger partial charge in [0.1, 0.15) is 11.9 Å². The number of imide groups is 1. The molecule has 4 heterocycles. The molecule has 37 heavy (non-hydrogen) atoms. The molecular formula is C26H28BrN5O5. The lowest BCUT2D eigenvalue weighted by Gasteiger charge is -2.33. The number of aliphatic hydroxyl groups is 1. The minimum atomic E-state index is -0.664. The number of nitrogens with zero attached hydrogens (tertiary/aromatic N) is 3. The van der Waals surface area contributed by atoms with Crippen LogP contribution in [-0.2, 0) is 27.5 Å². The molecule has 3 N–H and O–H groups in total. The Morgan fingerprint density at radius 1 is 1.16 bits per heavy atom. The molecule has 0 radical (unpaired) electrons. The van der Waals surface area contributed by atoms with Gasteiger partial charge < -0.3 is 20.2 Å². The van der Waals surface area contributed by atoms with Crippen molar-refractivity contribution < 1.29 is 24.3 Å². The first kappa shape index (κ1) is 25.3. The van der Waals surface area contributed by atoms with E-state index >= 15 is 0 Å². The third-order valence-corrected chi connectivity index (χ3v) is 7.71. The highest BCUT2D eigenvalue weighted by atomic mass is 79.9. The van der Waals surface area contributed by atoms with Crippen molar-refractivity contribution in [1.82, 2.24) is 15.2 Å². The van der Waals surface area contributed by atoms with Gasteiger partial charge in [0, 0.05) is 60.0 Å². The lowest BCUT2D eigenvalue weighted by Crippen LogP contribution is -2.52. The first-order chi connectivity index (χ1) is 17.8. The summed E-state index contributed by atoms with van der Waals surface area (Å²) in [4.78, 5) is 57.4. The van der Waals surface area contributed by atoms with Gasteiger partial charge in [0.15, 0.2) is 0 Å². The molecule has 1 aromatic heterocycles. The maximum absolute atomic E-state index is 12.9. The van der Waals surface area contributed by atoms with Crippen molar-refractivity contribution in [3.63, 3.8) is 0 Å². The summed E-state index contributed by atoms with van der Waals surface area (Å²) in [5.41, 5.74) is 2.66. The smallest absolute Gasteiger partial charge is 0.255 e. The predicted octanol–water partition coefficient (Wildman–Crippen LogP) is 2.34. The second kappa shape index (κ2) is 10.6. The first-order valence-corrected chi connectivity index (χ1v) is 13.2. The number of amides is 4. The average Bonchev–Trinajstić information content (AvgIpc) is 3.19. The van der Waals surface area contributed by atoms with Crippen molar-refractivity contribution in [3.8, 4) is 0 Å². The molecule has 0 saturated carbocycles. The Labute approximate surface area is 222 Å². The van der Waals surface area contributed by atoms with Crippen molar-refractivity contribution in [2.24, 2.45) is 5.92 Å². The minimum Gasteiger partial charge on any atom is -0.392 e. The van der Waals surface area contributed by atoms with E-state index in [1.54, 1.807) is 24.4 Å². The molecule has 3 aliphatic heterocycles. The summed E-state index contributed by atoms with van der Waals surface area (Å²) >= 11 is 3.39. The van der Waals surface area contributed by atoms with Crippen LogP contribution in [0.15, 0.2) is 34.9 Å². The number of carbonyl (C=O) groups excluding carboxylic acids is 4. The number of rotatable bonds is 6. The Morgan fingerprint density at radius 3 is 2.68 bits per heavy atom. The zero-order valence-electron chi connectivity index (χ0n) is 20.2. The number of hydrogen-bond donors (Lipinski definition) is 3. The van der Waals surface area contributed by atoms with Gasteiger partial charge in [-0.05, 0) is 70.9 Å². The SMILES string of the molecule is O=C1CCC(N2Cc3cc(NC(=O)CC4CCN(c5ncc(Br)cc5CO)CC4)ccc3C2=O)C(=O)N1. The summed E-state index contributed by atoms with van der Waals surface area (Å²) in [5, 5.41) is 14.9. The van der Waals surface area contributed by atoms with E-state index in [1.165, 1.54) is 4.90 Å². The van der Waals surface area contributed by atoms with Gasteiger partial charge in [-0.2, -0.15) is 0 Å². The van der Waals surface area contributed by atoms with Crippen molar-refractivity contribution in [2.45, 2.75) is 51.3 Å². The van der Waals surface area contributed by atoms with Gasteiger partial charge in [-0.25, -0.2) is 4.98 Å². The number of aliphatic hydroxyl groups excluding tert-OH is 1. The summed E-state index contributed by atoms with van der Waals surface area (Å²) in [6, 6.07) is 6.39. The Bertz CT molecular complexity index is 1260. The van der Waals surface area contributed by atoms with E-state index in [0.717, 1.165) is 47.3 Å². The molecule has 1 aromatic carbocycles. The number of halogens is 1. The topological polar surface area (TPSA) is 132 Å². The van der Waals surface area contributed by atoms with Gasteiger partial charge in [-0.1, -0.05) is 0 Å². The molecule has 11 heteroatoms. The molecule has 2 fully saturated rings. The van der Waals surface area contributed by atoms with Crippen LogP contribution in [-0.4, -0.2) is 57.8 Å². The number of nitrogens with one attached hydrogen (secondary N) is 2. The zero-order valence-corrected chi connectivity index (χ0v) is 21.8. The largest absolute Gasteiger partial charge is 0.392 e. The quantitative estimate of drug-likeness (QED) is 0.455. The molecule has 0 aliphatic carbocycles. The van der Waals surface area contributed by atoms with Crippen molar-refractivity contribution in [3.05, 3.63) is 51.6 Å². The highest BCUT2D eigenvalue weighted by Gasteiger charge is 2.39. The lowest BCUT2D eigenvalue weighted by atomic mass is 9.93. The summed E-state index contributed by atoms with van der Waals surface area (Å²) in [6.45, 7) is 1.71. The van der Waals surface area contributed by atoms with Crippen LogP contribution in [0.1, 0.15) is 53.6 Å². The van der Waals surface area contributed by atoms with Crippen LogP contribution >= 0.6 is 15.9 Å². The summed E-state index contributed by atoms with van der Waals surface area (Å²) in [7, 11) is 0.